The van der Waals surface area contributed by atoms with Crippen LogP contribution < -0.4 is 0 Å². The van der Waals surface area contributed by atoms with E-state index < -0.39 is 5.60 Å². The minimum absolute atomic E-state index is 0.0713. The van der Waals surface area contributed by atoms with Gasteiger partial charge in [0.15, 0.2) is 0 Å². The van der Waals surface area contributed by atoms with Crippen molar-refractivity contribution in [3.8, 4) is 0 Å². The maximum absolute atomic E-state index is 9.87. The summed E-state index contributed by atoms with van der Waals surface area (Å²) in [7, 11) is 0. The van der Waals surface area contributed by atoms with E-state index in [0.717, 1.165) is 18.4 Å². The molecule has 2 nitrogen and oxygen atoms in total. The fraction of sp³-hybridized carbons (Fsp3) is 0.600. The third kappa shape index (κ3) is 4.49. The lowest BCUT2D eigenvalue weighted by Gasteiger charge is -2.21. The van der Waals surface area contributed by atoms with E-state index in [9.17, 15) is 5.11 Å². The zero-order valence-corrected chi connectivity index (χ0v) is 11.2. The van der Waals surface area contributed by atoms with Crippen LogP contribution in [0.25, 0.3) is 0 Å². The Morgan fingerprint density at radius 2 is 2.24 bits per heavy atom. The molecule has 1 fully saturated rings. The van der Waals surface area contributed by atoms with E-state index >= 15 is 0 Å². The van der Waals surface area contributed by atoms with Crippen LogP contribution in [0, 0.1) is 0 Å². The number of hydrogen-bond acceptors (Lipinski definition) is 2. The van der Waals surface area contributed by atoms with Crippen molar-refractivity contribution in [2.75, 3.05) is 0 Å². The molecule has 0 spiro atoms. The summed E-state index contributed by atoms with van der Waals surface area (Å²) in [6.45, 7) is 13.6. The zero-order chi connectivity index (χ0) is 13.1. The number of allylic oxidation sites excluding steroid dienone is 1. The fourth-order valence-corrected chi connectivity index (χ4v) is 2.01. The third-order valence-electron chi connectivity index (χ3n) is 3.13. The van der Waals surface area contributed by atoms with Crippen LogP contribution in [0.3, 0.4) is 0 Å². The van der Waals surface area contributed by atoms with E-state index in [4.69, 9.17) is 4.74 Å². The maximum atomic E-state index is 9.87. The molecule has 0 bridgehead atoms. The highest BCUT2D eigenvalue weighted by Gasteiger charge is 2.29. The summed E-state index contributed by atoms with van der Waals surface area (Å²) in [5.74, 6) is 0. The summed E-state index contributed by atoms with van der Waals surface area (Å²) < 4.78 is 5.90. The van der Waals surface area contributed by atoms with Gasteiger partial charge in [0.1, 0.15) is 0 Å². The molecule has 0 unspecified atom stereocenters. The van der Waals surface area contributed by atoms with Gasteiger partial charge < -0.3 is 9.84 Å². The van der Waals surface area contributed by atoms with Gasteiger partial charge in [-0.25, -0.2) is 0 Å². The van der Waals surface area contributed by atoms with Crippen LogP contribution >= 0.6 is 0 Å². The zero-order valence-electron chi connectivity index (χ0n) is 11.2. The van der Waals surface area contributed by atoms with Gasteiger partial charge in [-0.1, -0.05) is 24.3 Å². The van der Waals surface area contributed by atoms with E-state index in [1.165, 1.54) is 5.57 Å². The minimum Gasteiger partial charge on any atom is -0.386 e. The first-order valence-electron chi connectivity index (χ1n) is 6.18. The van der Waals surface area contributed by atoms with Gasteiger partial charge in [-0.05, 0) is 39.2 Å². The minimum atomic E-state index is -0.807. The highest BCUT2D eigenvalue weighted by Crippen LogP contribution is 2.30. The van der Waals surface area contributed by atoms with Gasteiger partial charge in [-0.2, -0.15) is 0 Å². The molecular formula is C15H24O2. The highest BCUT2D eigenvalue weighted by molar-refractivity contribution is 5.15. The van der Waals surface area contributed by atoms with Crippen LogP contribution in [0.4, 0.5) is 0 Å². The largest absolute Gasteiger partial charge is 0.386 e. The second-order valence-electron chi connectivity index (χ2n) is 5.37. The standard InChI is InChI=1S/C15H24O2/c1-6-15(5,16)8-7-14-12(4)10-13(17-14)9-11(2)3/h6,9,13-14,16H,1,4,7-8,10H2,2-3,5H3/t13-,14-,15-/m1/s1. The van der Waals surface area contributed by atoms with Crippen molar-refractivity contribution in [2.24, 2.45) is 0 Å². The predicted molar refractivity (Wildman–Crippen MR) is 71.9 cm³/mol. The topological polar surface area (TPSA) is 29.5 Å². The molecule has 0 radical (unpaired) electrons. The van der Waals surface area contributed by atoms with Gasteiger partial charge in [-0.3, -0.25) is 0 Å². The Morgan fingerprint density at radius 1 is 1.59 bits per heavy atom. The van der Waals surface area contributed by atoms with Crippen LogP contribution in [0.1, 0.15) is 40.0 Å². The van der Waals surface area contributed by atoms with Gasteiger partial charge in [0, 0.05) is 6.42 Å². The van der Waals surface area contributed by atoms with Gasteiger partial charge in [0.25, 0.3) is 0 Å². The molecule has 3 atom stereocenters. The molecule has 1 rings (SSSR count). The van der Waals surface area contributed by atoms with Crippen LogP contribution in [-0.4, -0.2) is 22.9 Å². The second kappa shape index (κ2) is 5.65. The van der Waals surface area contributed by atoms with Crippen molar-refractivity contribution in [1.82, 2.24) is 0 Å². The number of aliphatic hydroxyl groups is 1. The van der Waals surface area contributed by atoms with Crippen molar-refractivity contribution in [3.63, 3.8) is 0 Å². The average molecular weight is 236 g/mol. The van der Waals surface area contributed by atoms with E-state index in [-0.39, 0.29) is 12.2 Å². The molecular weight excluding hydrogens is 212 g/mol. The predicted octanol–water partition coefficient (Wildman–Crippen LogP) is 3.38. The summed E-state index contributed by atoms with van der Waals surface area (Å²) in [6.07, 6.45) is 6.29. The van der Waals surface area contributed by atoms with E-state index in [2.05, 4.69) is 33.1 Å². The molecule has 0 aromatic rings. The number of hydrogen-bond donors (Lipinski definition) is 1. The van der Waals surface area contributed by atoms with E-state index in [0.29, 0.717) is 6.42 Å². The molecule has 96 valence electrons. The first kappa shape index (κ1) is 14.2. The monoisotopic (exact) mass is 236 g/mol. The Kier molecular flexibility index (Phi) is 4.72. The van der Waals surface area contributed by atoms with Crippen LogP contribution in [0.2, 0.25) is 0 Å². The van der Waals surface area contributed by atoms with Gasteiger partial charge in [0.05, 0.1) is 17.8 Å². The Balaban J connectivity index is 2.49. The highest BCUT2D eigenvalue weighted by atomic mass is 16.5. The summed E-state index contributed by atoms with van der Waals surface area (Å²) in [4.78, 5) is 0. The van der Waals surface area contributed by atoms with Crippen LogP contribution in [0.15, 0.2) is 36.5 Å². The number of rotatable bonds is 5. The van der Waals surface area contributed by atoms with E-state index in [1.807, 2.05) is 0 Å². The summed E-state index contributed by atoms with van der Waals surface area (Å²) in [6, 6.07) is 0. The van der Waals surface area contributed by atoms with Crippen molar-refractivity contribution in [2.45, 2.75) is 57.8 Å². The SMILES string of the molecule is C=C[C@@](C)(O)CC[C@H]1O[C@H](C=C(C)C)CC1=C. The Labute approximate surface area is 105 Å². The lowest BCUT2D eigenvalue weighted by molar-refractivity contribution is 0.0454. The normalized spacial score (nSPS) is 27.6. The molecule has 1 N–H and O–H groups in total. The first-order valence-corrected chi connectivity index (χ1v) is 6.18. The van der Waals surface area contributed by atoms with Gasteiger partial charge in [0.2, 0.25) is 0 Å². The Hall–Kier alpha value is -0.860. The van der Waals surface area contributed by atoms with E-state index in [1.54, 1.807) is 13.0 Å². The molecule has 0 saturated carbocycles. The molecule has 0 aliphatic carbocycles. The molecule has 0 aromatic heterocycles. The maximum Gasteiger partial charge on any atom is 0.0804 e. The molecule has 1 aliphatic heterocycles. The van der Waals surface area contributed by atoms with Crippen LogP contribution in [0.5, 0.6) is 0 Å². The Bertz CT molecular complexity index is 322. The quantitative estimate of drug-likeness (QED) is 0.741. The summed E-state index contributed by atoms with van der Waals surface area (Å²) >= 11 is 0. The Morgan fingerprint density at radius 3 is 2.76 bits per heavy atom. The number of ether oxygens (including phenoxy) is 1. The molecule has 1 saturated heterocycles. The molecule has 1 heterocycles. The lowest BCUT2D eigenvalue weighted by Crippen LogP contribution is -2.23. The summed E-state index contributed by atoms with van der Waals surface area (Å²) in [5, 5.41) is 9.87. The molecule has 2 heteroatoms. The molecule has 0 aromatic carbocycles. The van der Waals surface area contributed by atoms with Crippen molar-refractivity contribution < 1.29 is 9.84 Å². The van der Waals surface area contributed by atoms with Gasteiger partial charge >= 0.3 is 0 Å². The van der Waals surface area contributed by atoms with Crippen molar-refractivity contribution in [1.29, 1.82) is 0 Å². The molecule has 17 heavy (non-hydrogen) atoms. The fourth-order valence-electron chi connectivity index (χ4n) is 2.01. The second-order valence-corrected chi connectivity index (χ2v) is 5.37. The summed E-state index contributed by atoms with van der Waals surface area (Å²) in [5.41, 5.74) is 1.59. The smallest absolute Gasteiger partial charge is 0.0804 e. The van der Waals surface area contributed by atoms with Gasteiger partial charge in [-0.15, -0.1) is 6.58 Å². The molecule has 0 amide bonds. The molecule has 1 aliphatic rings. The lowest BCUT2D eigenvalue weighted by atomic mass is 9.95. The third-order valence-corrected chi connectivity index (χ3v) is 3.13. The van der Waals surface area contributed by atoms with Crippen molar-refractivity contribution >= 4 is 0 Å². The first-order chi connectivity index (χ1) is 7.84. The van der Waals surface area contributed by atoms with Crippen LogP contribution in [-0.2, 0) is 4.74 Å². The average Bonchev–Trinajstić information content (AvgIpc) is 2.55. The van der Waals surface area contributed by atoms with Crippen molar-refractivity contribution in [3.05, 3.63) is 36.5 Å².